The predicted molar refractivity (Wildman–Crippen MR) is 159 cm³/mol. The van der Waals surface area contributed by atoms with Gasteiger partial charge in [0.1, 0.15) is 36.7 Å². The maximum atomic E-state index is 12.3. The number of carbonyl (C=O) groups excluding carboxylic acids is 1. The van der Waals surface area contributed by atoms with E-state index in [1.54, 1.807) is 0 Å². The lowest BCUT2D eigenvalue weighted by molar-refractivity contribution is -0.973. The second-order valence-corrected chi connectivity index (χ2v) is 13.6. The summed E-state index contributed by atoms with van der Waals surface area (Å²) in [5, 5.41) is 11.4. The van der Waals surface area contributed by atoms with Crippen molar-refractivity contribution >= 4 is 38.7 Å². The molecule has 4 saturated heterocycles. The Balaban J connectivity index is 0.000000180. The van der Waals surface area contributed by atoms with Crippen LogP contribution in [0.25, 0.3) is 0 Å². The van der Waals surface area contributed by atoms with Gasteiger partial charge >= 0.3 is 0 Å². The number of Topliss-reactive ketones (excluding diaryl/α,β-unsaturated/α-hetero) is 1. The van der Waals surface area contributed by atoms with E-state index in [0.29, 0.717) is 23.7 Å². The van der Waals surface area contributed by atoms with Gasteiger partial charge < -0.3 is 9.87 Å². The molecule has 4 aliphatic heterocycles. The van der Waals surface area contributed by atoms with Crippen molar-refractivity contribution in [1.29, 1.82) is 0 Å². The highest BCUT2D eigenvalue weighted by molar-refractivity contribution is 7.85. The zero-order valence-electron chi connectivity index (χ0n) is 24.2. The predicted octanol–water partition coefficient (Wildman–Crippen LogP) is 4.86. The minimum absolute atomic E-state index is 0.207. The van der Waals surface area contributed by atoms with Crippen LogP contribution in [0, 0.1) is 5.41 Å². The Morgan fingerprint density at radius 2 is 1.24 bits per heavy atom. The number of benzene rings is 3. The number of anilines is 2. The van der Waals surface area contributed by atoms with Crippen LogP contribution in [0.5, 0.6) is 0 Å². The molecular weight excluding hydrogens is 554 g/mol. The van der Waals surface area contributed by atoms with Gasteiger partial charge in [0.05, 0.1) is 36.3 Å². The van der Waals surface area contributed by atoms with E-state index in [0.717, 1.165) is 55.9 Å². The highest BCUT2D eigenvalue weighted by atomic mass is 32.2. The van der Waals surface area contributed by atoms with E-state index < -0.39 is 10.1 Å². The van der Waals surface area contributed by atoms with Crippen molar-refractivity contribution in [3.63, 3.8) is 0 Å². The second-order valence-electron chi connectivity index (χ2n) is 12.2. The summed E-state index contributed by atoms with van der Waals surface area (Å²) in [6.07, 6.45) is 0. The average Bonchev–Trinajstić information content (AvgIpc) is 2.92. The molecule has 4 heterocycles. The summed E-state index contributed by atoms with van der Waals surface area (Å²) in [4.78, 5) is 19.3. The van der Waals surface area contributed by atoms with E-state index in [1.165, 1.54) is 24.3 Å². The summed E-state index contributed by atoms with van der Waals surface area (Å²) in [5.74, 6) is 0.392. The van der Waals surface area contributed by atoms with Gasteiger partial charge in [0.15, 0.2) is 5.78 Å². The van der Waals surface area contributed by atoms with Gasteiger partial charge in [-0.15, -0.1) is 0 Å². The average molecular weight is 592 g/mol. The van der Waals surface area contributed by atoms with Gasteiger partial charge in [-0.2, -0.15) is 10.2 Å². The maximum Gasteiger partial charge on any atom is 0.192 e. The Morgan fingerprint density at radius 3 is 1.69 bits per heavy atom. The summed E-state index contributed by atoms with van der Waals surface area (Å²) < 4.78 is 33.5. The minimum Gasteiger partial charge on any atom is -0.744 e. The topological polar surface area (TPSA) is 121 Å². The molecule has 42 heavy (non-hydrogen) atoms. The van der Waals surface area contributed by atoms with Crippen LogP contribution < -0.4 is 5.32 Å². The number of hydrogen-bond acceptors (Lipinski definition) is 10. The summed E-state index contributed by atoms with van der Waals surface area (Å²) in [7, 11) is -4.45. The molecule has 3 aromatic carbocycles. The van der Waals surface area contributed by atoms with Gasteiger partial charge in [0.25, 0.3) is 0 Å². The van der Waals surface area contributed by atoms with Crippen molar-refractivity contribution < 1.29 is 22.2 Å². The number of rotatable bonds is 7. The largest absolute Gasteiger partial charge is 0.744 e. The van der Waals surface area contributed by atoms with Gasteiger partial charge in [0.2, 0.25) is 0 Å². The Kier molecular flexibility index (Phi) is 8.56. The first-order chi connectivity index (χ1) is 19.9. The Morgan fingerprint density at radius 1 is 0.786 bits per heavy atom. The molecule has 0 atom stereocenters. The van der Waals surface area contributed by atoms with Gasteiger partial charge in [-0.1, -0.05) is 39.0 Å². The molecule has 0 aliphatic carbocycles. The highest BCUT2D eigenvalue weighted by Crippen LogP contribution is 2.30. The Hall–Kier alpha value is -3.52. The van der Waals surface area contributed by atoms with E-state index in [4.69, 9.17) is 0 Å². The van der Waals surface area contributed by atoms with Crippen molar-refractivity contribution in [2.24, 2.45) is 15.6 Å². The number of carbonyl (C=O) groups is 1. The lowest BCUT2D eigenvalue weighted by Crippen LogP contribution is -2.80. The monoisotopic (exact) mass is 591 g/mol. The van der Waals surface area contributed by atoms with E-state index in [-0.39, 0.29) is 10.3 Å². The van der Waals surface area contributed by atoms with Crippen molar-refractivity contribution in [3.8, 4) is 0 Å². The lowest BCUT2D eigenvalue weighted by atomic mass is 9.90. The number of azo groups is 1. The Labute approximate surface area is 247 Å². The van der Waals surface area contributed by atoms with Crippen LogP contribution in [0.4, 0.5) is 22.7 Å². The molecule has 0 saturated carbocycles. The number of nitrogens with one attached hydrogen (secondary N) is 1. The third-order valence-electron chi connectivity index (χ3n) is 7.35. The van der Waals surface area contributed by atoms with Crippen LogP contribution in [-0.2, 0) is 14.9 Å². The van der Waals surface area contributed by atoms with Crippen molar-refractivity contribution in [2.45, 2.75) is 25.7 Å². The molecular formula is C30H37N7O4S. The fourth-order valence-electron chi connectivity index (χ4n) is 5.44. The number of nitrogens with zero attached hydrogens (tertiary/aromatic N) is 6. The first-order valence-corrected chi connectivity index (χ1v) is 15.2. The standard InChI is InChI=1S/C18H15N3O3S.C12H23N4O/c22-25(23,24)18-12-10-17(11-13-18)21-20-16-8-6-15(7-9-16)19-14-4-2-1-3-5-14;1-12(2,3)11(17)4-16-8-13-5-14(9-16)7-15(6-13)10-16/h1-13,19H,(H,22,23,24);4-10H2,1-3H3/q;+1/p-1. The van der Waals surface area contributed by atoms with E-state index in [2.05, 4.69) is 30.2 Å². The molecule has 0 radical (unpaired) electrons. The van der Waals surface area contributed by atoms with Gasteiger partial charge in [-0.25, -0.2) is 23.1 Å². The summed E-state index contributed by atoms with van der Waals surface area (Å²) in [6.45, 7) is 13.2. The summed E-state index contributed by atoms with van der Waals surface area (Å²) >= 11 is 0. The smallest absolute Gasteiger partial charge is 0.192 e. The van der Waals surface area contributed by atoms with Crippen LogP contribution in [0.2, 0.25) is 0 Å². The summed E-state index contributed by atoms with van der Waals surface area (Å²) in [5.41, 5.74) is 2.82. The first kappa shape index (κ1) is 30.0. The van der Waals surface area contributed by atoms with Crippen LogP contribution in [-0.4, -0.2) is 84.5 Å². The molecule has 12 heteroatoms. The number of hydrogen-bond donors (Lipinski definition) is 1. The van der Waals surface area contributed by atoms with Gasteiger partial charge in [-0.3, -0.25) is 9.28 Å². The van der Waals surface area contributed by atoms with Gasteiger partial charge in [-0.05, 0) is 60.7 Å². The van der Waals surface area contributed by atoms with Crippen LogP contribution in [0.15, 0.2) is 94.0 Å². The number of quaternary nitrogens is 1. The molecule has 0 spiro atoms. The molecule has 222 valence electrons. The quantitative estimate of drug-likeness (QED) is 0.235. The van der Waals surface area contributed by atoms with E-state index in [9.17, 15) is 17.8 Å². The fourth-order valence-corrected chi connectivity index (χ4v) is 5.91. The SMILES string of the molecule is CC(C)(C)C(=O)C[N+]12CN3CN(CN(C3)C1)C2.O=S(=O)([O-])c1ccc(N=Nc2ccc(Nc3ccccc3)cc2)cc1. The summed E-state index contributed by atoms with van der Waals surface area (Å²) in [6, 6.07) is 22.5. The van der Waals surface area contributed by atoms with Crippen LogP contribution >= 0.6 is 0 Å². The molecule has 4 bridgehead atoms. The van der Waals surface area contributed by atoms with Crippen molar-refractivity contribution in [3.05, 3.63) is 78.9 Å². The fraction of sp³-hybridized carbons (Fsp3) is 0.367. The number of para-hydroxylation sites is 1. The molecule has 4 aliphatic rings. The molecule has 1 N–H and O–H groups in total. The number of ketones is 1. The van der Waals surface area contributed by atoms with E-state index in [1.807, 2.05) is 75.4 Å². The molecule has 7 rings (SSSR count). The second kappa shape index (κ2) is 12.0. The third-order valence-corrected chi connectivity index (χ3v) is 8.20. The Bertz CT molecular complexity index is 1490. The molecule has 3 aromatic rings. The normalized spacial score (nSPS) is 24.7. The van der Waals surface area contributed by atoms with Crippen molar-refractivity contribution in [1.82, 2.24) is 14.7 Å². The molecule has 4 fully saturated rings. The molecule has 0 aromatic heterocycles. The molecule has 0 unspecified atom stereocenters. The van der Waals surface area contributed by atoms with Crippen LogP contribution in [0.1, 0.15) is 20.8 Å². The highest BCUT2D eigenvalue weighted by Gasteiger charge is 2.50. The molecule has 11 nitrogen and oxygen atoms in total. The third kappa shape index (κ3) is 7.65. The zero-order chi connectivity index (χ0) is 30.0. The first-order valence-electron chi connectivity index (χ1n) is 13.8. The van der Waals surface area contributed by atoms with Gasteiger partial charge in [0, 0.05) is 16.8 Å². The molecule has 0 amide bonds. The minimum atomic E-state index is -4.45. The van der Waals surface area contributed by atoms with Crippen molar-refractivity contribution in [2.75, 3.05) is 51.9 Å². The van der Waals surface area contributed by atoms with Crippen LogP contribution in [0.3, 0.4) is 0 Å². The zero-order valence-corrected chi connectivity index (χ0v) is 25.0. The lowest BCUT2D eigenvalue weighted by Gasteiger charge is -2.60. The maximum absolute atomic E-state index is 12.3. The van der Waals surface area contributed by atoms with E-state index >= 15 is 0 Å².